The van der Waals surface area contributed by atoms with Crippen molar-refractivity contribution in [3.8, 4) is 0 Å². The van der Waals surface area contributed by atoms with E-state index in [2.05, 4.69) is 0 Å². The first-order valence-electron chi connectivity index (χ1n) is 6.13. The van der Waals surface area contributed by atoms with Gasteiger partial charge >= 0.3 is 6.18 Å². The molecule has 1 aromatic carbocycles. The molecule has 114 valence electrons. The van der Waals surface area contributed by atoms with E-state index in [1.807, 2.05) is 6.92 Å². The van der Waals surface area contributed by atoms with Gasteiger partial charge in [0.15, 0.2) is 9.84 Å². The van der Waals surface area contributed by atoms with Crippen molar-refractivity contribution in [2.45, 2.75) is 30.8 Å². The van der Waals surface area contributed by atoms with Gasteiger partial charge in [-0.05, 0) is 37.0 Å². The van der Waals surface area contributed by atoms with E-state index in [0.29, 0.717) is 24.8 Å². The van der Waals surface area contributed by atoms with Crippen molar-refractivity contribution in [3.05, 3.63) is 29.8 Å². The van der Waals surface area contributed by atoms with Crippen LogP contribution in [0.1, 0.15) is 25.3 Å². The molecule has 0 spiro atoms. The molecule has 0 bridgehead atoms. The highest BCUT2D eigenvalue weighted by atomic mass is 35.5. The first-order valence-corrected chi connectivity index (χ1v) is 8.31. The summed E-state index contributed by atoms with van der Waals surface area (Å²) < 4.78 is 61.7. The molecular weight excluding hydrogens is 313 g/mol. The van der Waals surface area contributed by atoms with E-state index < -0.39 is 21.6 Å². The van der Waals surface area contributed by atoms with Crippen LogP contribution in [0, 0.1) is 5.92 Å². The number of hydrogen-bond acceptors (Lipinski definition) is 2. The molecule has 1 aromatic rings. The Balaban J connectivity index is 2.88. The summed E-state index contributed by atoms with van der Waals surface area (Å²) in [6, 6.07) is 3.84. The van der Waals surface area contributed by atoms with Crippen molar-refractivity contribution in [1.29, 1.82) is 0 Å². The molecule has 0 aliphatic heterocycles. The highest BCUT2D eigenvalue weighted by Gasteiger charge is 2.31. The van der Waals surface area contributed by atoms with Gasteiger partial charge in [0.05, 0.1) is 16.2 Å². The van der Waals surface area contributed by atoms with Gasteiger partial charge in [-0.25, -0.2) is 8.42 Å². The second-order valence-electron chi connectivity index (χ2n) is 4.72. The van der Waals surface area contributed by atoms with Gasteiger partial charge in [-0.3, -0.25) is 0 Å². The van der Waals surface area contributed by atoms with E-state index in [9.17, 15) is 21.6 Å². The van der Waals surface area contributed by atoms with Crippen LogP contribution < -0.4 is 0 Å². The number of hydrogen-bond donors (Lipinski definition) is 0. The first-order chi connectivity index (χ1) is 9.16. The molecule has 2 nitrogen and oxygen atoms in total. The van der Waals surface area contributed by atoms with Gasteiger partial charge in [0.1, 0.15) is 0 Å². The third-order valence-electron chi connectivity index (χ3n) is 3.00. The van der Waals surface area contributed by atoms with Crippen molar-refractivity contribution < 1.29 is 21.6 Å². The smallest absolute Gasteiger partial charge is 0.224 e. The van der Waals surface area contributed by atoms with Crippen LogP contribution in [0.3, 0.4) is 0 Å². The Morgan fingerprint density at radius 2 is 1.90 bits per heavy atom. The topological polar surface area (TPSA) is 34.1 Å². The first kappa shape index (κ1) is 17.3. The fraction of sp³-hybridized carbons (Fsp3) is 0.538. The Kier molecular flexibility index (Phi) is 5.89. The van der Waals surface area contributed by atoms with E-state index in [0.717, 1.165) is 12.1 Å². The third-order valence-corrected chi connectivity index (χ3v) is 4.97. The van der Waals surface area contributed by atoms with Crippen LogP contribution in [0.4, 0.5) is 13.2 Å². The molecule has 1 unspecified atom stereocenters. The van der Waals surface area contributed by atoms with Crippen LogP contribution in [-0.4, -0.2) is 20.1 Å². The molecule has 0 saturated heterocycles. The molecule has 0 fully saturated rings. The number of halogens is 4. The van der Waals surface area contributed by atoms with Gasteiger partial charge < -0.3 is 0 Å². The minimum Gasteiger partial charge on any atom is -0.224 e. The van der Waals surface area contributed by atoms with Crippen molar-refractivity contribution in [1.82, 2.24) is 0 Å². The molecule has 7 heteroatoms. The standard InChI is InChI=1S/C13H16ClF3O2S/c1-10(5-7-14)6-8-20(18,19)12-4-2-3-11(9-12)13(15,16)17/h2-4,9-10H,5-8H2,1H3. The van der Waals surface area contributed by atoms with Gasteiger partial charge in [0.25, 0.3) is 0 Å². The van der Waals surface area contributed by atoms with Crippen LogP contribution in [0.25, 0.3) is 0 Å². The quantitative estimate of drug-likeness (QED) is 0.736. The lowest BCUT2D eigenvalue weighted by Gasteiger charge is -2.11. The van der Waals surface area contributed by atoms with Crippen LogP contribution >= 0.6 is 11.6 Å². The zero-order chi connectivity index (χ0) is 15.4. The fourth-order valence-corrected chi connectivity index (χ4v) is 3.58. The van der Waals surface area contributed by atoms with Crippen LogP contribution in [-0.2, 0) is 16.0 Å². The normalized spacial score (nSPS) is 14.2. The molecular formula is C13H16ClF3O2S. The average Bonchev–Trinajstić information content (AvgIpc) is 2.36. The largest absolute Gasteiger partial charge is 0.416 e. The molecule has 0 aliphatic rings. The lowest BCUT2D eigenvalue weighted by molar-refractivity contribution is -0.137. The summed E-state index contributed by atoms with van der Waals surface area (Å²) in [7, 11) is -3.70. The van der Waals surface area contributed by atoms with E-state index >= 15 is 0 Å². The molecule has 1 atom stereocenters. The Morgan fingerprint density at radius 1 is 1.25 bits per heavy atom. The second kappa shape index (κ2) is 6.80. The molecule has 1 rings (SSSR count). The summed E-state index contributed by atoms with van der Waals surface area (Å²) in [5, 5.41) is 0. The molecule has 0 heterocycles. The molecule has 0 saturated carbocycles. The molecule has 0 N–H and O–H groups in total. The SMILES string of the molecule is CC(CCCl)CCS(=O)(=O)c1cccc(C(F)(F)F)c1. The maximum Gasteiger partial charge on any atom is 0.416 e. The van der Waals surface area contributed by atoms with Crippen molar-refractivity contribution in [2.24, 2.45) is 5.92 Å². The molecule has 0 aromatic heterocycles. The van der Waals surface area contributed by atoms with Gasteiger partial charge in [0.2, 0.25) is 0 Å². The molecule has 0 aliphatic carbocycles. The Hall–Kier alpha value is -0.750. The number of benzene rings is 1. The number of alkyl halides is 4. The monoisotopic (exact) mass is 328 g/mol. The average molecular weight is 329 g/mol. The summed E-state index contributed by atoms with van der Waals surface area (Å²) in [6.07, 6.45) is -3.48. The van der Waals surface area contributed by atoms with Crippen LogP contribution in [0.2, 0.25) is 0 Å². The van der Waals surface area contributed by atoms with Gasteiger partial charge in [0, 0.05) is 5.88 Å². The van der Waals surface area contributed by atoms with Gasteiger partial charge in [-0.1, -0.05) is 13.0 Å². The van der Waals surface area contributed by atoms with Crippen LogP contribution in [0.5, 0.6) is 0 Å². The maximum atomic E-state index is 12.6. The van der Waals surface area contributed by atoms with E-state index in [1.165, 1.54) is 6.07 Å². The lowest BCUT2D eigenvalue weighted by atomic mass is 10.1. The summed E-state index contributed by atoms with van der Waals surface area (Å²) in [5.74, 6) is 0.380. The maximum absolute atomic E-state index is 12.6. The van der Waals surface area contributed by atoms with Crippen molar-refractivity contribution >= 4 is 21.4 Å². The summed E-state index contributed by atoms with van der Waals surface area (Å²) in [6.45, 7) is 1.87. The highest BCUT2D eigenvalue weighted by molar-refractivity contribution is 7.91. The highest BCUT2D eigenvalue weighted by Crippen LogP contribution is 2.30. The zero-order valence-electron chi connectivity index (χ0n) is 11.0. The molecule has 0 amide bonds. The summed E-state index contributed by atoms with van der Waals surface area (Å²) in [5.41, 5.74) is -0.951. The summed E-state index contributed by atoms with van der Waals surface area (Å²) in [4.78, 5) is -0.287. The third kappa shape index (κ3) is 4.98. The van der Waals surface area contributed by atoms with Gasteiger partial charge in [-0.15, -0.1) is 11.6 Å². The number of rotatable bonds is 6. The van der Waals surface area contributed by atoms with Crippen molar-refractivity contribution in [2.75, 3.05) is 11.6 Å². The second-order valence-corrected chi connectivity index (χ2v) is 7.20. The Morgan fingerprint density at radius 3 is 2.45 bits per heavy atom. The zero-order valence-corrected chi connectivity index (χ0v) is 12.5. The molecule has 0 radical (unpaired) electrons. The van der Waals surface area contributed by atoms with Crippen LogP contribution in [0.15, 0.2) is 29.2 Å². The predicted molar refractivity (Wildman–Crippen MR) is 72.6 cm³/mol. The van der Waals surface area contributed by atoms with E-state index in [4.69, 9.17) is 11.6 Å². The Labute approximate surface area is 121 Å². The predicted octanol–water partition coefficient (Wildman–Crippen LogP) is 4.13. The van der Waals surface area contributed by atoms with Gasteiger partial charge in [-0.2, -0.15) is 13.2 Å². The summed E-state index contributed by atoms with van der Waals surface area (Å²) >= 11 is 5.56. The fourth-order valence-electron chi connectivity index (χ4n) is 1.67. The van der Waals surface area contributed by atoms with E-state index in [-0.39, 0.29) is 16.6 Å². The minimum absolute atomic E-state index is 0.119. The van der Waals surface area contributed by atoms with Crippen molar-refractivity contribution in [3.63, 3.8) is 0 Å². The molecule has 20 heavy (non-hydrogen) atoms. The number of sulfone groups is 1. The van der Waals surface area contributed by atoms with E-state index in [1.54, 1.807) is 0 Å². The lowest BCUT2D eigenvalue weighted by Crippen LogP contribution is -2.12. The Bertz CT molecular complexity index is 541. The minimum atomic E-state index is -4.54.